The molecule has 1 heterocycles. The number of ether oxygens (including phenoxy) is 1. The lowest BCUT2D eigenvalue weighted by molar-refractivity contribution is -0.143. The summed E-state index contributed by atoms with van der Waals surface area (Å²) < 4.78 is 5.32. The van der Waals surface area contributed by atoms with Gasteiger partial charge < -0.3 is 15.2 Å². The highest BCUT2D eigenvalue weighted by atomic mass is 16.5. The van der Waals surface area contributed by atoms with E-state index in [0.717, 1.165) is 24.0 Å². The molecule has 1 aliphatic rings. The third-order valence-electron chi connectivity index (χ3n) is 4.88. The number of amides is 1. The summed E-state index contributed by atoms with van der Waals surface area (Å²) >= 11 is 0. The van der Waals surface area contributed by atoms with Crippen LogP contribution in [0.3, 0.4) is 0 Å². The van der Waals surface area contributed by atoms with Crippen molar-refractivity contribution in [3.63, 3.8) is 0 Å². The molecular formula is C18H25NO4. The highest BCUT2D eigenvalue weighted by Gasteiger charge is 2.30. The first-order chi connectivity index (χ1) is 10.9. The van der Waals surface area contributed by atoms with Crippen LogP contribution in [0.4, 0.5) is 0 Å². The number of hydrogen-bond acceptors (Lipinski definition) is 3. The summed E-state index contributed by atoms with van der Waals surface area (Å²) in [6.45, 7) is 7.02. The van der Waals surface area contributed by atoms with Gasteiger partial charge >= 0.3 is 5.97 Å². The average molecular weight is 319 g/mol. The van der Waals surface area contributed by atoms with Crippen LogP contribution in [-0.4, -0.2) is 30.2 Å². The van der Waals surface area contributed by atoms with Crippen molar-refractivity contribution in [1.82, 2.24) is 5.32 Å². The Morgan fingerprint density at radius 1 is 1.26 bits per heavy atom. The minimum atomic E-state index is -1.04. The molecule has 2 unspecified atom stereocenters. The number of benzene rings is 1. The Balaban J connectivity index is 2.14. The average Bonchev–Trinajstić information content (AvgIpc) is 2.55. The van der Waals surface area contributed by atoms with Gasteiger partial charge in [0.1, 0.15) is 0 Å². The van der Waals surface area contributed by atoms with Gasteiger partial charge in [0.25, 0.3) is 0 Å². The Kier molecular flexibility index (Phi) is 5.77. The maximum absolute atomic E-state index is 12.5. The lowest BCUT2D eigenvalue weighted by Gasteiger charge is -2.28. The van der Waals surface area contributed by atoms with Crippen LogP contribution in [0.2, 0.25) is 0 Å². The molecule has 0 aromatic heterocycles. The highest BCUT2D eigenvalue weighted by molar-refractivity contribution is 5.86. The van der Waals surface area contributed by atoms with Crippen LogP contribution in [0.15, 0.2) is 18.2 Å². The number of carboxylic acid groups (broad SMARTS) is 1. The van der Waals surface area contributed by atoms with Crippen molar-refractivity contribution >= 4 is 11.9 Å². The van der Waals surface area contributed by atoms with Crippen molar-refractivity contribution in [2.75, 3.05) is 13.2 Å². The summed E-state index contributed by atoms with van der Waals surface area (Å²) in [5.41, 5.74) is 2.56. The second-order valence-electron chi connectivity index (χ2n) is 6.31. The van der Waals surface area contributed by atoms with Crippen molar-refractivity contribution in [1.29, 1.82) is 0 Å². The minimum Gasteiger partial charge on any atom is -0.479 e. The molecule has 5 heteroatoms. The summed E-state index contributed by atoms with van der Waals surface area (Å²) in [6, 6.07) is 4.51. The fraction of sp³-hybridized carbons (Fsp3) is 0.556. The van der Waals surface area contributed by atoms with Gasteiger partial charge in [0.05, 0.1) is 0 Å². The first kappa shape index (κ1) is 17.5. The predicted molar refractivity (Wildman–Crippen MR) is 87.1 cm³/mol. The molecule has 0 spiro atoms. The van der Waals surface area contributed by atoms with E-state index in [1.54, 1.807) is 6.07 Å². The topological polar surface area (TPSA) is 75.6 Å². The molecular weight excluding hydrogens is 294 g/mol. The van der Waals surface area contributed by atoms with Crippen molar-refractivity contribution in [3.8, 4) is 0 Å². The smallest absolute Gasteiger partial charge is 0.330 e. The number of hydrogen-bond donors (Lipinski definition) is 2. The Labute approximate surface area is 137 Å². The summed E-state index contributed by atoms with van der Waals surface area (Å²) in [5, 5.41) is 12.3. The van der Waals surface area contributed by atoms with Crippen LogP contribution in [-0.2, 0) is 14.3 Å². The fourth-order valence-corrected chi connectivity index (χ4v) is 3.06. The van der Waals surface area contributed by atoms with Gasteiger partial charge in [-0.25, -0.2) is 4.79 Å². The molecule has 1 amide bonds. The summed E-state index contributed by atoms with van der Waals surface area (Å²) in [5.74, 6) is -1.21. The Bertz CT molecular complexity index is 578. The molecule has 1 aromatic rings. The third-order valence-corrected chi connectivity index (χ3v) is 4.88. The maximum atomic E-state index is 12.5. The van der Waals surface area contributed by atoms with Crippen molar-refractivity contribution < 1.29 is 19.4 Å². The molecule has 0 aliphatic carbocycles. The number of carbonyl (C=O) groups is 2. The fourth-order valence-electron chi connectivity index (χ4n) is 3.06. The van der Waals surface area contributed by atoms with Gasteiger partial charge in [-0.1, -0.05) is 25.1 Å². The monoisotopic (exact) mass is 319 g/mol. The van der Waals surface area contributed by atoms with E-state index in [1.807, 2.05) is 32.9 Å². The summed E-state index contributed by atoms with van der Waals surface area (Å²) in [6.07, 6.45) is 1.69. The molecule has 0 saturated carbocycles. The van der Waals surface area contributed by atoms with E-state index in [2.05, 4.69) is 5.32 Å². The second-order valence-corrected chi connectivity index (χ2v) is 6.31. The first-order valence-corrected chi connectivity index (χ1v) is 8.09. The van der Waals surface area contributed by atoms with Crippen LogP contribution < -0.4 is 5.32 Å². The van der Waals surface area contributed by atoms with Gasteiger partial charge in [-0.15, -0.1) is 0 Å². The molecule has 0 radical (unpaired) electrons. The quantitative estimate of drug-likeness (QED) is 0.875. The van der Waals surface area contributed by atoms with Gasteiger partial charge in [-0.05, 0) is 49.3 Å². The summed E-state index contributed by atoms with van der Waals surface area (Å²) in [4.78, 5) is 24.2. The number of aryl methyl sites for hydroxylation is 1. The maximum Gasteiger partial charge on any atom is 0.330 e. The second kappa shape index (κ2) is 7.59. The largest absolute Gasteiger partial charge is 0.479 e. The van der Waals surface area contributed by atoms with Gasteiger partial charge in [0, 0.05) is 19.1 Å². The molecule has 2 atom stereocenters. The molecule has 2 rings (SSSR count). The minimum absolute atomic E-state index is 0.204. The third kappa shape index (κ3) is 4.10. The lowest BCUT2D eigenvalue weighted by Crippen LogP contribution is -2.40. The van der Waals surface area contributed by atoms with E-state index in [9.17, 15) is 14.7 Å². The Morgan fingerprint density at radius 2 is 1.91 bits per heavy atom. The van der Waals surface area contributed by atoms with E-state index >= 15 is 0 Å². The lowest BCUT2D eigenvalue weighted by atomic mass is 9.86. The SMILES string of the molecule is Cc1cccc(C(NC(=O)C(C)C2CCOCC2)C(=O)O)c1C. The molecule has 0 bridgehead atoms. The van der Waals surface area contributed by atoms with Gasteiger partial charge in [-0.2, -0.15) is 0 Å². The Hall–Kier alpha value is -1.88. The molecule has 1 saturated heterocycles. The molecule has 2 N–H and O–H groups in total. The number of carboxylic acids is 1. The molecule has 1 aromatic carbocycles. The first-order valence-electron chi connectivity index (χ1n) is 8.09. The van der Waals surface area contributed by atoms with Gasteiger partial charge in [0.2, 0.25) is 5.91 Å². The van der Waals surface area contributed by atoms with Gasteiger partial charge in [0.15, 0.2) is 6.04 Å². The van der Waals surface area contributed by atoms with Crippen LogP contribution in [0.25, 0.3) is 0 Å². The van der Waals surface area contributed by atoms with Crippen LogP contribution in [0.1, 0.15) is 42.5 Å². The van der Waals surface area contributed by atoms with E-state index < -0.39 is 12.0 Å². The van der Waals surface area contributed by atoms with E-state index in [4.69, 9.17) is 4.74 Å². The zero-order valence-electron chi connectivity index (χ0n) is 14.0. The van der Waals surface area contributed by atoms with Gasteiger partial charge in [-0.3, -0.25) is 4.79 Å². The zero-order chi connectivity index (χ0) is 17.0. The highest BCUT2D eigenvalue weighted by Crippen LogP contribution is 2.26. The number of carbonyl (C=O) groups excluding carboxylic acids is 1. The van der Waals surface area contributed by atoms with E-state index in [0.29, 0.717) is 18.8 Å². The number of rotatable bonds is 5. The number of aliphatic carboxylic acids is 1. The molecule has 126 valence electrons. The molecule has 23 heavy (non-hydrogen) atoms. The van der Waals surface area contributed by atoms with E-state index in [1.165, 1.54) is 0 Å². The van der Waals surface area contributed by atoms with Crippen LogP contribution >= 0.6 is 0 Å². The predicted octanol–water partition coefficient (Wildman–Crippen LogP) is 2.61. The standard InChI is InChI=1S/C18H25NO4/c1-11-5-4-6-15(12(11)2)16(18(21)22)19-17(20)13(3)14-7-9-23-10-8-14/h4-6,13-14,16H,7-10H2,1-3H3,(H,19,20)(H,21,22). The van der Waals surface area contributed by atoms with Crippen molar-refractivity contribution in [2.45, 2.75) is 39.7 Å². The summed E-state index contributed by atoms with van der Waals surface area (Å²) in [7, 11) is 0. The molecule has 1 fully saturated rings. The van der Waals surface area contributed by atoms with Crippen LogP contribution in [0, 0.1) is 25.7 Å². The zero-order valence-corrected chi connectivity index (χ0v) is 14.0. The Morgan fingerprint density at radius 3 is 2.52 bits per heavy atom. The van der Waals surface area contributed by atoms with Crippen LogP contribution in [0.5, 0.6) is 0 Å². The van der Waals surface area contributed by atoms with Crippen molar-refractivity contribution in [3.05, 3.63) is 34.9 Å². The number of nitrogens with one attached hydrogen (secondary N) is 1. The van der Waals surface area contributed by atoms with E-state index in [-0.39, 0.29) is 17.7 Å². The molecule has 1 aliphatic heterocycles. The van der Waals surface area contributed by atoms with Crippen molar-refractivity contribution in [2.24, 2.45) is 11.8 Å². The molecule has 5 nitrogen and oxygen atoms in total. The normalized spacial score (nSPS) is 18.2.